The minimum absolute atomic E-state index is 0.0398. The van der Waals surface area contributed by atoms with Gasteiger partial charge in [-0.1, -0.05) is 25.9 Å². The molecule has 1 amide bonds. The Morgan fingerprint density at radius 1 is 1.32 bits per heavy atom. The van der Waals surface area contributed by atoms with E-state index >= 15 is 0 Å². The van der Waals surface area contributed by atoms with E-state index in [1.54, 1.807) is 6.07 Å². The highest BCUT2D eigenvalue weighted by atomic mass is 16.5. The van der Waals surface area contributed by atoms with Crippen LogP contribution in [-0.2, 0) is 4.74 Å². The zero-order valence-electron chi connectivity index (χ0n) is 13.6. The average molecular weight is 307 g/mol. The van der Waals surface area contributed by atoms with Crippen molar-refractivity contribution in [3.63, 3.8) is 0 Å². The minimum atomic E-state index is -0.0398. The fraction of sp³-hybridized carbons (Fsp3) is 0.750. The van der Waals surface area contributed by atoms with E-state index < -0.39 is 0 Å². The lowest BCUT2D eigenvalue weighted by atomic mass is 10.0. The van der Waals surface area contributed by atoms with Gasteiger partial charge in [0, 0.05) is 38.3 Å². The third-order valence-electron chi connectivity index (χ3n) is 4.71. The summed E-state index contributed by atoms with van der Waals surface area (Å²) in [7, 11) is 0. The highest BCUT2D eigenvalue weighted by Crippen LogP contribution is 2.25. The van der Waals surface area contributed by atoms with Crippen molar-refractivity contribution in [2.75, 3.05) is 39.4 Å². The highest BCUT2D eigenvalue weighted by Gasteiger charge is 2.37. The molecule has 2 saturated heterocycles. The Bertz CT molecular complexity index is 522. The zero-order chi connectivity index (χ0) is 15.7. The molecule has 122 valence electrons. The van der Waals surface area contributed by atoms with Crippen molar-refractivity contribution in [1.82, 2.24) is 15.0 Å². The Morgan fingerprint density at radius 2 is 2.05 bits per heavy atom. The summed E-state index contributed by atoms with van der Waals surface area (Å²) < 4.78 is 10.7. The van der Waals surface area contributed by atoms with Crippen LogP contribution >= 0.6 is 0 Å². The lowest BCUT2D eigenvalue weighted by Gasteiger charge is -2.33. The summed E-state index contributed by atoms with van der Waals surface area (Å²) in [5, 5.41) is 3.99. The molecule has 2 aliphatic rings. The van der Waals surface area contributed by atoms with Crippen LogP contribution in [0.1, 0.15) is 42.9 Å². The van der Waals surface area contributed by atoms with E-state index in [1.165, 1.54) is 0 Å². The predicted octanol–water partition coefficient (Wildman–Crippen LogP) is 1.59. The molecule has 0 saturated carbocycles. The Morgan fingerprint density at radius 3 is 2.68 bits per heavy atom. The number of morpholine rings is 1. The maximum Gasteiger partial charge on any atom is 0.292 e. The van der Waals surface area contributed by atoms with Gasteiger partial charge in [0.1, 0.15) is 0 Å². The number of likely N-dealkylation sites (tertiary alicyclic amines) is 1. The molecule has 3 rings (SSSR count). The van der Waals surface area contributed by atoms with Crippen LogP contribution in [0.2, 0.25) is 0 Å². The van der Waals surface area contributed by atoms with Gasteiger partial charge in [0.25, 0.3) is 5.91 Å². The molecule has 22 heavy (non-hydrogen) atoms. The van der Waals surface area contributed by atoms with E-state index in [1.807, 2.05) is 18.7 Å². The van der Waals surface area contributed by atoms with Gasteiger partial charge in [-0.25, -0.2) is 0 Å². The van der Waals surface area contributed by atoms with Crippen molar-refractivity contribution in [3.8, 4) is 0 Å². The number of aromatic nitrogens is 1. The van der Waals surface area contributed by atoms with Crippen LogP contribution in [0.5, 0.6) is 0 Å². The molecule has 0 N–H and O–H groups in total. The van der Waals surface area contributed by atoms with E-state index in [0.717, 1.165) is 45.1 Å². The van der Waals surface area contributed by atoms with E-state index in [-0.39, 0.29) is 11.8 Å². The first-order valence-corrected chi connectivity index (χ1v) is 8.14. The maximum atomic E-state index is 12.6. The standard InChI is InChI=1S/C16H25N3O3/c1-11(2)13-8-15(22-17-13)16(20)19-9-12(3)14(10-19)18-4-6-21-7-5-18/h8,11-12,14H,4-7,9-10H2,1-3H3. The number of carbonyl (C=O) groups is 1. The minimum Gasteiger partial charge on any atom is -0.379 e. The molecule has 0 bridgehead atoms. The Balaban J connectivity index is 1.66. The van der Waals surface area contributed by atoms with Crippen molar-refractivity contribution >= 4 is 5.91 Å². The van der Waals surface area contributed by atoms with Crippen LogP contribution in [0, 0.1) is 5.92 Å². The van der Waals surface area contributed by atoms with Gasteiger partial charge in [0.05, 0.1) is 18.9 Å². The molecule has 0 radical (unpaired) electrons. The first-order valence-electron chi connectivity index (χ1n) is 8.14. The third kappa shape index (κ3) is 3.03. The summed E-state index contributed by atoms with van der Waals surface area (Å²) in [6.07, 6.45) is 0. The van der Waals surface area contributed by atoms with Crippen LogP contribution in [0.15, 0.2) is 10.6 Å². The van der Waals surface area contributed by atoms with Crippen LogP contribution in [0.4, 0.5) is 0 Å². The lowest BCUT2D eigenvalue weighted by Crippen LogP contribution is -2.47. The molecule has 2 unspecified atom stereocenters. The average Bonchev–Trinajstić information content (AvgIpc) is 3.14. The second-order valence-electron chi connectivity index (χ2n) is 6.67. The topological polar surface area (TPSA) is 58.8 Å². The third-order valence-corrected chi connectivity index (χ3v) is 4.71. The molecule has 2 aliphatic heterocycles. The Hall–Kier alpha value is -1.40. The van der Waals surface area contributed by atoms with Crippen molar-refractivity contribution < 1.29 is 14.1 Å². The zero-order valence-corrected chi connectivity index (χ0v) is 13.6. The monoisotopic (exact) mass is 307 g/mol. The predicted molar refractivity (Wildman–Crippen MR) is 81.8 cm³/mol. The van der Waals surface area contributed by atoms with Crippen LogP contribution in [-0.4, -0.2) is 66.3 Å². The second-order valence-corrected chi connectivity index (χ2v) is 6.67. The number of ether oxygens (including phenoxy) is 1. The summed E-state index contributed by atoms with van der Waals surface area (Å²) in [5.41, 5.74) is 0.834. The molecule has 2 fully saturated rings. The van der Waals surface area contributed by atoms with Gasteiger partial charge in [-0.15, -0.1) is 0 Å². The molecule has 0 aliphatic carbocycles. The van der Waals surface area contributed by atoms with Gasteiger partial charge >= 0.3 is 0 Å². The molecule has 6 heteroatoms. The van der Waals surface area contributed by atoms with E-state index in [9.17, 15) is 4.79 Å². The highest BCUT2D eigenvalue weighted by molar-refractivity contribution is 5.91. The maximum absolute atomic E-state index is 12.6. The number of rotatable bonds is 3. The number of carbonyl (C=O) groups excluding carboxylic acids is 1. The van der Waals surface area contributed by atoms with Gasteiger partial charge in [-0.05, 0) is 11.8 Å². The van der Waals surface area contributed by atoms with E-state index in [2.05, 4.69) is 17.0 Å². The summed E-state index contributed by atoms with van der Waals surface area (Å²) >= 11 is 0. The van der Waals surface area contributed by atoms with Gasteiger partial charge in [0.15, 0.2) is 0 Å². The van der Waals surface area contributed by atoms with Gasteiger partial charge < -0.3 is 14.2 Å². The second kappa shape index (κ2) is 6.38. The fourth-order valence-corrected chi connectivity index (χ4v) is 3.32. The molecule has 3 heterocycles. The number of amides is 1. The molecule has 0 aromatic carbocycles. The summed E-state index contributed by atoms with van der Waals surface area (Å²) in [6.45, 7) is 11.3. The number of nitrogens with zero attached hydrogens (tertiary/aromatic N) is 3. The van der Waals surface area contributed by atoms with E-state index in [0.29, 0.717) is 17.7 Å². The van der Waals surface area contributed by atoms with Crippen molar-refractivity contribution in [3.05, 3.63) is 17.5 Å². The lowest BCUT2D eigenvalue weighted by molar-refractivity contribution is 0.0118. The van der Waals surface area contributed by atoms with Crippen LogP contribution < -0.4 is 0 Å². The van der Waals surface area contributed by atoms with Crippen molar-refractivity contribution in [1.29, 1.82) is 0 Å². The Kier molecular flexibility index (Phi) is 4.49. The Labute approximate surface area is 131 Å². The van der Waals surface area contributed by atoms with Crippen LogP contribution in [0.3, 0.4) is 0 Å². The molecular formula is C16H25N3O3. The smallest absolute Gasteiger partial charge is 0.292 e. The first kappa shape index (κ1) is 15.5. The fourth-order valence-electron chi connectivity index (χ4n) is 3.32. The number of hydrogen-bond acceptors (Lipinski definition) is 5. The largest absolute Gasteiger partial charge is 0.379 e. The summed E-state index contributed by atoms with van der Waals surface area (Å²) in [4.78, 5) is 16.9. The summed E-state index contributed by atoms with van der Waals surface area (Å²) in [5.74, 6) is 1.05. The van der Waals surface area contributed by atoms with Crippen molar-refractivity contribution in [2.45, 2.75) is 32.7 Å². The number of hydrogen-bond donors (Lipinski definition) is 0. The van der Waals surface area contributed by atoms with Gasteiger partial charge in [0.2, 0.25) is 5.76 Å². The summed E-state index contributed by atoms with van der Waals surface area (Å²) in [6, 6.07) is 2.19. The quantitative estimate of drug-likeness (QED) is 0.849. The molecule has 1 aromatic rings. The molecule has 0 spiro atoms. The van der Waals surface area contributed by atoms with E-state index in [4.69, 9.17) is 9.26 Å². The molecule has 1 aromatic heterocycles. The normalized spacial score (nSPS) is 26.8. The van der Waals surface area contributed by atoms with Crippen molar-refractivity contribution in [2.24, 2.45) is 5.92 Å². The molecule has 6 nitrogen and oxygen atoms in total. The SMILES string of the molecule is CC(C)c1cc(C(=O)N2CC(C)C(N3CCOCC3)C2)on1. The van der Waals surface area contributed by atoms with Gasteiger partial charge in [-0.2, -0.15) is 0 Å². The van der Waals surface area contributed by atoms with Gasteiger partial charge in [-0.3, -0.25) is 9.69 Å². The first-order chi connectivity index (χ1) is 10.6. The van der Waals surface area contributed by atoms with Crippen LogP contribution in [0.25, 0.3) is 0 Å². The molecule has 2 atom stereocenters. The molecular weight excluding hydrogens is 282 g/mol.